The number of hydrogen-bond acceptors (Lipinski definition) is 1. The smallest absolute Gasteiger partial charge is 0.136 e. The van der Waals surface area contributed by atoms with Crippen molar-refractivity contribution in [2.45, 2.75) is 70.1 Å². The summed E-state index contributed by atoms with van der Waals surface area (Å²) in [7, 11) is 0. The van der Waals surface area contributed by atoms with Crippen LogP contribution in [0.4, 0.5) is 4.39 Å². The zero-order valence-corrected chi connectivity index (χ0v) is 15.3. The van der Waals surface area contributed by atoms with Gasteiger partial charge in [-0.1, -0.05) is 31.1 Å². The van der Waals surface area contributed by atoms with Gasteiger partial charge in [0.25, 0.3) is 0 Å². The maximum absolute atomic E-state index is 13.1. The normalized spacial score (nSPS) is 30.2. The lowest BCUT2D eigenvalue weighted by molar-refractivity contribution is -0.125. The van der Waals surface area contributed by atoms with E-state index in [0.29, 0.717) is 18.1 Å². The number of halogens is 1. The SMILES string of the molecule is C=CC[C@H]1CC[C@H](CC[C@@H]2CC[C@@H](c3ccc(F)cc3)CC2=O)CC1. The summed E-state index contributed by atoms with van der Waals surface area (Å²) in [5.74, 6) is 2.46. The first kappa shape index (κ1) is 18.4. The minimum absolute atomic E-state index is 0.202. The van der Waals surface area contributed by atoms with Gasteiger partial charge in [0.1, 0.15) is 11.6 Å². The lowest BCUT2D eigenvalue weighted by atomic mass is 9.73. The molecule has 1 aromatic rings. The summed E-state index contributed by atoms with van der Waals surface area (Å²) in [6.45, 7) is 3.86. The van der Waals surface area contributed by atoms with E-state index in [4.69, 9.17) is 0 Å². The molecule has 0 saturated heterocycles. The van der Waals surface area contributed by atoms with Gasteiger partial charge < -0.3 is 0 Å². The Labute approximate surface area is 151 Å². The van der Waals surface area contributed by atoms with Crippen molar-refractivity contribution >= 4 is 5.78 Å². The first-order chi connectivity index (χ1) is 12.2. The summed E-state index contributed by atoms with van der Waals surface area (Å²) in [6, 6.07) is 6.70. The molecule has 2 fully saturated rings. The topological polar surface area (TPSA) is 17.1 Å². The number of rotatable bonds is 6. The summed E-state index contributed by atoms with van der Waals surface area (Å²) >= 11 is 0. The molecule has 1 nitrogen and oxygen atoms in total. The maximum Gasteiger partial charge on any atom is 0.136 e. The van der Waals surface area contributed by atoms with E-state index in [9.17, 15) is 9.18 Å². The van der Waals surface area contributed by atoms with Gasteiger partial charge in [-0.3, -0.25) is 4.79 Å². The zero-order valence-electron chi connectivity index (χ0n) is 15.3. The molecule has 0 amide bonds. The van der Waals surface area contributed by atoms with Gasteiger partial charge in [0.15, 0.2) is 0 Å². The van der Waals surface area contributed by atoms with E-state index in [1.807, 2.05) is 12.1 Å². The summed E-state index contributed by atoms with van der Waals surface area (Å²) < 4.78 is 13.1. The molecule has 136 valence electrons. The number of carbonyl (C=O) groups excluding carboxylic acids is 1. The van der Waals surface area contributed by atoms with Crippen molar-refractivity contribution < 1.29 is 9.18 Å². The van der Waals surface area contributed by atoms with Crippen LogP contribution in [0.2, 0.25) is 0 Å². The minimum Gasteiger partial charge on any atom is -0.299 e. The van der Waals surface area contributed by atoms with E-state index in [2.05, 4.69) is 12.7 Å². The molecular formula is C23H31FO. The van der Waals surface area contributed by atoms with E-state index in [1.165, 1.54) is 50.7 Å². The van der Waals surface area contributed by atoms with E-state index < -0.39 is 0 Å². The van der Waals surface area contributed by atoms with E-state index >= 15 is 0 Å². The van der Waals surface area contributed by atoms with Gasteiger partial charge in [-0.25, -0.2) is 4.39 Å². The van der Waals surface area contributed by atoms with Crippen LogP contribution in [-0.2, 0) is 4.79 Å². The highest BCUT2D eigenvalue weighted by molar-refractivity contribution is 5.82. The average Bonchev–Trinajstić information content (AvgIpc) is 2.63. The number of carbonyl (C=O) groups is 1. The number of benzene rings is 1. The van der Waals surface area contributed by atoms with Crippen molar-refractivity contribution in [1.29, 1.82) is 0 Å². The first-order valence-corrected chi connectivity index (χ1v) is 10.0. The highest BCUT2D eigenvalue weighted by atomic mass is 19.1. The van der Waals surface area contributed by atoms with Crippen LogP contribution in [-0.4, -0.2) is 5.78 Å². The molecule has 2 aliphatic carbocycles. The van der Waals surface area contributed by atoms with Gasteiger partial charge in [0.05, 0.1) is 0 Å². The molecule has 2 saturated carbocycles. The fourth-order valence-corrected chi connectivity index (χ4v) is 4.83. The number of Topliss-reactive ketones (excluding diaryl/α,β-unsaturated/α-hetero) is 1. The van der Waals surface area contributed by atoms with Gasteiger partial charge in [0, 0.05) is 12.3 Å². The average molecular weight is 342 g/mol. The largest absolute Gasteiger partial charge is 0.299 e. The molecule has 2 atom stereocenters. The molecule has 0 radical (unpaired) electrons. The molecule has 0 heterocycles. The van der Waals surface area contributed by atoms with Crippen molar-refractivity contribution in [2.24, 2.45) is 17.8 Å². The molecule has 0 aliphatic heterocycles. The third-order valence-electron chi connectivity index (χ3n) is 6.50. The highest BCUT2D eigenvalue weighted by Crippen LogP contribution is 2.38. The van der Waals surface area contributed by atoms with Gasteiger partial charge in [-0.2, -0.15) is 0 Å². The molecule has 0 bridgehead atoms. The molecule has 2 heteroatoms. The Morgan fingerprint density at radius 3 is 2.28 bits per heavy atom. The van der Waals surface area contributed by atoms with Crippen LogP contribution >= 0.6 is 0 Å². The standard InChI is InChI=1S/C23H31FO/c1-2-3-17-4-6-18(7-5-17)8-9-20-10-11-21(16-23(20)25)19-12-14-22(24)15-13-19/h2,12-15,17-18,20-21H,1,3-11,16H2/t17-,18-,20-,21-/m1/s1. The third kappa shape index (κ3) is 5.03. The zero-order chi connectivity index (χ0) is 17.6. The molecular weight excluding hydrogens is 311 g/mol. The van der Waals surface area contributed by atoms with Crippen molar-refractivity contribution in [1.82, 2.24) is 0 Å². The Balaban J connectivity index is 1.42. The van der Waals surface area contributed by atoms with Crippen molar-refractivity contribution in [2.75, 3.05) is 0 Å². The van der Waals surface area contributed by atoms with E-state index in [-0.39, 0.29) is 11.7 Å². The Morgan fingerprint density at radius 1 is 0.960 bits per heavy atom. The van der Waals surface area contributed by atoms with Gasteiger partial charge in [-0.15, -0.1) is 6.58 Å². The lowest BCUT2D eigenvalue weighted by Gasteiger charge is -2.31. The van der Waals surface area contributed by atoms with Crippen LogP contribution in [0, 0.1) is 23.6 Å². The monoisotopic (exact) mass is 342 g/mol. The third-order valence-corrected chi connectivity index (χ3v) is 6.50. The molecule has 0 spiro atoms. The predicted octanol–water partition coefficient (Wildman–Crippen LogP) is 6.44. The summed E-state index contributed by atoms with van der Waals surface area (Å²) in [4.78, 5) is 12.6. The van der Waals surface area contributed by atoms with Crippen LogP contribution in [0.3, 0.4) is 0 Å². The fourth-order valence-electron chi connectivity index (χ4n) is 4.83. The number of ketones is 1. The second kappa shape index (κ2) is 8.78. The first-order valence-electron chi connectivity index (χ1n) is 10.0. The Bertz CT molecular complexity index is 568. The maximum atomic E-state index is 13.1. The van der Waals surface area contributed by atoms with Crippen molar-refractivity contribution in [3.63, 3.8) is 0 Å². The number of allylic oxidation sites excluding steroid dienone is 1. The summed E-state index contributed by atoms with van der Waals surface area (Å²) in [6.07, 6.45) is 13.6. The van der Waals surface area contributed by atoms with Crippen molar-refractivity contribution in [3.05, 3.63) is 48.3 Å². The molecule has 1 aromatic carbocycles. The van der Waals surface area contributed by atoms with Crippen LogP contribution in [0.25, 0.3) is 0 Å². The van der Waals surface area contributed by atoms with Gasteiger partial charge in [-0.05, 0) is 80.4 Å². The molecule has 0 unspecified atom stereocenters. The van der Waals surface area contributed by atoms with Crippen LogP contribution < -0.4 is 0 Å². The summed E-state index contributed by atoms with van der Waals surface area (Å²) in [5, 5.41) is 0. The van der Waals surface area contributed by atoms with E-state index in [1.54, 1.807) is 0 Å². The summed E-state index contributed by atoms with van der Waals surface area (Å²) in [5.41, 5.74) is 1.12. The molecule has 0 N–H and O–H groups in total. The van der Waals surface area contributed by atoms with Crippen LogP contribution in [0.15, 0.2) is 36.9 Å². The predicted molar refractivity (Wildman–Crippen MR) is 101 cm³/mol. The van der Waals surface area contributed by atoms with Crippen LogP contribution in [0.1, 0.15) is 75.7 Å². The molecule has 0 aromatic heterocycles. The lowest BCUT2D eigenvalue weighted by Crippen LogP contribution is -2.25. The number of hydrogen-bond donors (Lipinski definition) is 0. The Hall–Kier alpha value is -1.44. The van der Waals surface area contributed by atoms with Gasteiger partial charge in [0.2, 0.25) is 0 Å². The van der Waals surface area contributed by atoms with Crippen LogP contribution in [0.5, 0.6) is 0 Å². The van der Waals surface area contributed by atoms with Gasteiger partial charge >= 0.3 is 0 Å². The molecule has 3 rings (SSSR count). The minimum atomic E-state index is -0.202. The highest BCUT2D eigenvalue weighted by Gasteiger charge is 2.30. The van der Waals surface area contributed by atoms with Crippen molar-refractivity contribution in [3.8, 4) is 0 Å². The Morgan fingerprint density at radius 2 is 1.64 bits per heavy atom. The second-order valence-electron chi connectivity index (χ2n) is 8.18. The van der Waals surface area contributed by atoms with E-state index in [0.717, 1.165) is 36.7 Å². The Kier molecular flexibility index (Phi) is 6.45. The molecule has 2 aliphatic rings. The second-order valence-corrected chi connectivity index (χ2v) is 8.18. The molecule has 25 heavy (non-hydrogen) atoms. The fraction of sp³-hybridized carbons (Fsp3) is 0.609. The quantitative estimate of drug-likeness (QED) is 0.544.